The first kappa shape index (κ1) is 15.6. The van der Waals surface area contributed by atoms with Crippen LogP contribution in [0.25, 0.3) is 0 Å². The van der Waals surface area contributed by atoms with Crippen LogP contribution in [-0.4, -0.2) is 42.0 Å². The van der Waals surface area contributed by atoms with Crippen LogP contribution in [0.4, 0.5) is 0 Å². The van der Waals surface area contributed by atoms with Gasteiger partial charge >= 0.3 is 0 Å². The summed E-state index contributed by atoms with van der Waals surface area (Å²) in [5.74, 6) is 0.602. The van der Waals surface area contributed by atoms with Gasteiger partial charge in [0.25, 0.3) is 0 Å². The zero-order valence-corrected chi connectivity index (χ0v) is 12.2. The number of carbonyl (C=O) groups excluding carboxylic acids is 1. The van der Waals surface area contributed by atoms with Gasteiger partial charge in [-0.1, -0.05) is 33.6 Å². The smallest absolute Gasteiger partial charge is 0.142 e. The lowest BCUT2D eigenvalue weighted by Gasteiger charge is -2.36. The molecular formula is C15H29NO2. The molecule has 0 amide bonds. The molecular weight excluding hydrogens is 226 g/mol. The Morgan fingerprint density at radius 2 is 2.11 bits per heavy atom. The fourth-order valence-electron chi connectivity index (χ4n) is 2.90. The molecule has 0 saturated heterocycles. The van der Waals surface area contributed by atoms with Crippen molar-refractivity contribution >= 4 is 5.78 Å². The zero-order chi connectivity index (χ0) is 13.6. The highest BCUT2D eigenvalue weighted by molar-refractivity contribution is 5.87. The highest BCUT2D eigenvalue weighted by atomic mass is 16.3. The van der Waals surface area contributed by atoms with E-state index in [1.165, 1.54) is 0 Å². The predicted molar refractivity (Wildman–Crippen MR) is 74.6 cm³/mol. The molecule has 0 aliphatic heterocycles. The Labute approximate surface area is 112 Å². The average Bonchev–Trinajstić information content (AvgIpc) is 2.32. The maximum absolute atomic E-state index is 12.4. The van der Waals surface area contributed by atoms with Gasteiger partial charge in [0.2, 0.25) is 0 Å². The van der Waals surface area contributed by atoms with Gasteiger partial charge in [-0.25, -0.2) is 0 Å². The van der Waals surface area contributed by atoms with Crippen LogP contribution in [-0.2, 0) is 4.79 Å². The van der Waals surface area contributed by atoms with Crippen molar-refractivity contribution in [2.75, 3.05) is 26.2 Å². The number of hydrogen-bond donors (Lipinski definition) is 1. The number of aliphatic hydroxyl groups excluding tert-OH is 1. The second-order valence-electron chi connectivity index (χ2n) is 6.22. The van der Waals surface area contributed by atoms with E-state index in [1.54, 1.807) is 0 Å². The molecule has 0 aromatic rings. The largest absolute Gasteiger partial charge is 0.395 e. The standard InChI is InChI=1S/C15H29NO2/c1-4-5-9-16(10-11-17)12-13-7-6-8-15(2,3)14(13)18/h13,17H,4-12H2,1-3H3. The third-order valence-corrected chi connectivity index (χ3v) is 4.11. The fourth-order valence-corrected chi connectivity index (χ4v) is 2.90. The summed E-state index contributed by atoms with van der Waals surface area (Å²) in [4.78, 5) is 14.6. The minimum Gasteiger partial charge on any atom is -0.395 e. The number of nitrogens with zero attached hydrogens (tertiary/aromatic N) is 1. The Bertz CT molecular complexity index is 263. The maximum atomic E-state index is 12.4. The molecule has 0 bridgehead atoms. The molecule has 0 spiro atoms. The minimum absolute atomic E-state index is 0.140. The molecule has 1 unspecified atom stereocenters. The molecule has 1 aliphatic rings. The van der Waals surface area contributed by atoms with Crippen LogP contribution in [0.3, 0.4) is 0 Å². The summed E-state index contributed by atoms with van der Waals surface area (Å²) in [5, 5.41) is 9.11. The van der Waals surface area contributed by atoms with Gasteiger partial charge < -0.3 is 10.0 Å². The molecule has 1 atom stereocenters. The lowest BCUT2D eigenvalue weighted by atomic mass is 9.71. The average molecular weight is 255 g/mol. The van der Waals surface area contributed by atoms with E-state index in [-0.39, 0.29) is 17.9 Å². The van der Waals surface area contributed by atoms with Crippen LogP contribution < -0.4 is 0 Å². The van der Waals surface area contributed by atoms with Gasteiger partial charge in [-0.3, -0.25) is 4.79 Å². The van der Waals surface area contributed by atoms with Crippen molar-refractivity contribution in [3.63, 3.8) is 0 Å². The van der Waals surface area contributed by atoms with Gasteiger partial charge in [-0.05, 0) is 25.8 Å². The van der Waals surface area contributed by atoms with E-state index in [2.05, 4.69) is 25.7 Å². The van der Waals surface area contributed by atoms with Gasteiger partial charge in [0.05, 0.1) is 6.61 Å². The Kier molecular flexibility index (Phi) is 6.30. The van der Waals surface area contributed by atoms with E-state index in [0.29, 0.717) is 12.3 Å². The van der Waals surface area contributed by atoms with Crippen molar-refractivity contribution in [2.45, 2.75) is 52.9 Å². The van der Waals surface area contributed by atoms with E-state index in [0.717, 1.165) is 45.2 Å². The van der Waals surface area contributed by atoms with Gasteiger partial charge in [-0.2, -0.15) is 0 Å². The van der Waals surface area contributed by atoms with Crippen LogP contribution >= 0.6 is 0 Å². The molecule has 0 aromatic heterocycles. The van der Waals surface area contributed by atoms with E-state index in [1.807, 2.05) is 0 Å². The summed E-state index contributed by atoms with van der Waals surface area (Å²) in [5.41, 5.74) is -0.140. The number of ketones is 1. The first-order chi connectivity index (χ1) is 8.51. The monoisotopic (exact) mass is 255 g/mol. The minimum atomic E-state index is -0.140. The van der Waals surface area contributed by atoms with E-state index in [9.17, 15) is 4.79 Å². The molecule has 18 heavy (non-hydrogen) atoms. The highest BCUT2D eigenvalue weighted by Gasteiger charge is 2.37. The Morgan fingerprint density at radius 3 is 2.72 bits per heavy atom. The summed E-state index contributed by atoms with van der Waals surface area (Å²) in [6.07, 6.45) is 5.51. The van der Waals surface area contributed by atoms with Crippen LogP contribution in [0.2, 0.25) is 0 Å². The third kappa shape index (κ3) is 4.36. The van der Waals surface area contributed by atoms with Crippen molar-refractivity contribution in [1.82, 2.24) is 4.90 Å². The van der Waals surface area contributed by atoms with Crippen molar-refractivity contribution in [3.05, 3.63) is 0 Å². The molecule has 3 heteroatoms. The van der Waals surface area contributed by atoms with Gasteiger partial charge in [0, 0.05) is 24.4 Å². The summed E-state index contributed by atoms with van der Waals surface area (Å²) >= 11 is 0. The quantitative estimate of drug-likeness (QED) is 0.760. The topological polar surface area (TPSA) is 40.5 Å². The summed E-state index contributed by atoms with van der Waals surface area (Å²) in [6.45, 7) is 9.04. The first-order valence-corrected chi connectivity index (χ1v) is 7.38. The Hall–Kier alpha value is -0.410. The summed E-state index contributed by atoms with van der Waals surface area (Å²) in [7, 11) is 0. The van der Waals surface area contributed by atoms with Crippen molar-refractivity contribution in [1.29, 1.82) is 0 Å². The van der Waals surface area contributed by atoms with E-state index in [4.69, 9.17) is 5.11 Å². The second kappa shape index (κ2) is 7.25. The van der Waals surface area contributed by atoms with E-state index < -0.39 is 0 Å². The molecule has 1 rings (SSSR count). The molecule has 106 valence electrons. The Morgan fingerprint density at radius 1 is 1.39 bits per heavy atom. The van der Waals surface area contributed by atoms with Crippen molar-refractivity contribution in [3.8, 4) is 0 Å². The lowest BCUT2D eigenvalue weighted by molar-refractivity contribution is -0.135. The number of Topliss-reactive ketones (excluding diaryl/α,β-unsaturated/α-hetero) is 1. The fraction of sp³-hybridized carbons (Fsp3) is 0.933. The Balaban J connectivity index is 2.54. The second-order valence-corrected chi connectivity index (χ2v) is 6.22. The van der Waals surface area contributed by atoms with Crippen LogP contribution in [0.15, 0.2) is 0 Å². The maximum Gasteiger partial charge on any atom is 0.142 e. The van der Waals surface area contributed by atoms with Crippen LogP contribution in [0.1, 0.15) is 52.9 Å². The zero-order valence-electron chi connectivity index (χ0n) is 12.2. The predicted octanol–water partition coefficient (Wildman–Crippen LogP) is 2.48. The number of hydrogen-bond acceptors (Lipinski definition) is 3. The number of rotatable bonds is 7. The highest BCUT2D eigenvalue weighted by Crippen LogP contribution is 2.35. The number of aliphatic hydroxyl groups is 1. The van der Waals surface area contributed by atoms with Gasteiger partial charge in [-0.15, -0.1) is 0 Å². The molecule has 0 aromatic carbocycles. The molecule has 0 radical (unpaired) electrons. The normalized spacial score (nSPS) is 23.6. The number of unbranched alkanes of at least 4 members (excludes halogenated alkanes) is 1. The molecule has 1 fully saturated rings. The number of carbonyl (C=O) groups is 1. The van der Waals surface area contributed by atoms with Crippen molar-refractivity contribution < 1.29 is 9.90 Å². The molecule has 3 nitrogen and oxygen atoms in total. The first-order valence-electron chi connectivity index (χ1n) is 7.38. The third-order valence-electron chi connectivity index (χ3n) is 4.11. The van der Waals surface area contributed by atoms with E-state index >= 15 is 0 Å². The summed E-state index contributed by atoms with van der Waals surface area (Å²) < 4.78 is 0. The van der Waals surface area contributed by atoms with Crippen molar-refractivity contribution in [2.24, 2.45) is 11.3 Å². The molecule has 1 N–H and O–H groups in total. The lowest BCUT2D eigenvalue weighted by Crippen LogP contribution is -2.42. The molecule has 1 saturated carbocycles. The summed E-state index contributed by atoms with van der Waals surface area (Å²) in [6, 6.07) is 0. The van der Waals surface area contributed by atoms with Gasteiger partial charge in [0.1, 0.15) is 5.78 Å². The van der Waals surface area contributed by atoms with Crippen LogP contribution in [0, 0.1) is 11.3 Å². The molecule has 0 heterocycles. The SMILES string of the molecule is CCCCN(CCO)CC1CCCC(C)(C)C1=O. The van der Waals surface area contributed by atoms with Gasteiger partial charge in [0.15, 0.2) is 0 Å². The molecule has 1 aliphatic carbocycles. The van der Waals surface area contributed by atoms with Crippen LogP contribution in [0.5, 0.6) is 0 Å².